The number of aryl methyl sites for hydroxylation is 1. The molecule has 2 rings (SSSR count). The van der Waals surface area contributed by atoms with Gasteiger partial charge in [0.1, 0.15) is 18.1 Å². The van der Waals surface area contributed by atoms with Crippen molar-refractivity contribution in [2.75, 3.05) is 0 Å². The highest BCUT2D eigenvalue weighted by Crippen LogP contribution is 2.20. The van der Waals surface area contributed by atoms with Crippen LogP contribution in [0.15, 0.2) is 0 Å². The van der Waals surface area contributed by atoms with Gasteiger partial charge in [0, 0.05) is 13.5 Å². The molecule has 0 fully saturated rings. The average Bonchev–Trinajstić information content (AvgIpc) is 2.58. The van der Waals surface area contributed by atoms with Crippen LogP contribution in [0.3, 0.4) is 0 Å². The molecule has 1 aromatic rings. The van der Waals surface area contributed by atoms with Crippen LogP contribution in [0.4, 0.5) is 0 Å². The van der Waals surface area contributed by atoms with Gasteiger partial charge in [-0.15, -0.1) is 0 Å². The fraction of sp³-hybridized carbons (Fsp3) is 0.556. The Morgan fingerprint density at radius 1 is 1.62 bits per heavy atom. The third-order valence-electron chi connectivity index (χ3n) is 2.27. The molecule has 0 aromatic carbocycles. The molecule has 1 aliphatic heterocycles. The Labute approximate surface area is 76.5 Å². The summed E-state index contributed by atoms with van der Waals surface area (Å²) in [6.45, 7) is 2.43. The number of rotatable bonds is 2. The molecule has 0 radical (unpaired) electrons. The molecule has 0 atom stereocenters. The van der Waals surface area contributed by atoms with E-state index >= 15 is 0 Å². The van der Waals surface area contributed by atoms with E-state index in [1.54, 1.807) is 0 Å². The minimum Gasteiger partial charge on any atom is -0.454 e. The second-order valence-corrected chi connectivity index (χ2v) is 3.21. The van der Waals surface area contributed by atoms with E-state index in [1.165, 1.54) is 0 Å². The summed E-state index contributed by atoms with van der Waals surface area (Å²) in [6, 6.07) is 0. The second kappa shape index (κ2) is 2.87. The number of ether oxygens (including phenoxy) is 1. The molecule has 2 heterocycles. The standard InChI is InChI=1S/C9H12N2O2/c1-3-4-7-10-6-5-13-9(12)8(6)11(7)2/h3-5H2,1-2H3. The molecular formula is C9H12N2O2. The van der Waals surface area contributed by atoms with Crippen LogP contribution in [-0.4, -0.2) is 15.5 Å². The molecule has 1 aliphatic rings. The third kappa shape index (κ3) is 1.13. The maximum Gasteiger partial charge on any atom is 0.357 e. The summed E-state index contributed by atoms with van der Waals surface area (Å²) in [6.07, 6.45) is 1.95. The number of nitrogens with zero attached hydrogens (tertiary/aromatic N) is 2. The van der Waals surface area contributed by atoms with Crippen LogP contribution in [-0.2, 0) is 24.8 Å². The Morgan fingerprint density at radius 3 is 3.00 bits per heavy atom. The number of imidazole rings is 1. The van der Waals surface area contributed by atoms with E-state index in [-0.39, 0.29) is 5.97 Å². The molecule has 70 valence electrons. The molecule has 0 aliphatic carbocycles. The van der Waals surface area contributed by atoms with Crippen molar-refractivity contribution in [1.29, 1.82) is 0 Å². The molecular weight excluding hydrogens is 168 g/mol. The number of esters is 1. The highest BCUT2D eigenvalue weighted by atomic mass is 16.5. The molecule has 0 amide bonds. The van der Waals surface area contributed by atoms with E-state index in [2.05, 4.69) is 11.9 Å². The SMILES string of the molecule is CCCc1nc2c(n1C)C(=O)OC2. The van der Waals surface area contributed by atoms with Crippen LogP contribution < -0.4 is 0 Å². The van der Waals surface area contributed by atoms with Gasteiger partial charge in [0.25, 0.3) is 0 Å². The lowest BCUT2D eigenvalue weighted by Crippen LogP contribution is -2.06. The van der Waals surface area contributed by atoms with Crippen LogP contribution in [0.5, 0.6) is 0 Å². The van der Waals surface area contributed by atoms with Crippen molar-refractivity contribution in [3.8, 4) is 0 Å². The van der Waals surface area contributed by atoms with Crippen LogP contribution >= 0.6 is 0 Å². The van der Waals surface area contributed by atoms with E-state index in [0.29, 0.717) is 12.3 Å². The largest absolute Gasteiger partial charge is 0.454 e. The first-order chi connectivity index (χ1) is 6.24. The summed E-state index contributed by atoms with van der Waals surface area (Å²) >= 11 is 0. The van der Waals surface area contributed by atoms with Crippen molar-refractivity contribution >= 4 is 5.97 Å². The Balaban J connectivity index is 2.43. The predicted molar refractivity (Wildman–Crippen MR) is 46.3 cm³/mol. The average molecular weight is 180 g/mol. The monoisotopic (exact) mass is 180 g/mol. The van der Waals surface area contributed by atoms with E-state index in [4.69, 9.17) is 4.74 Å². The smallest absolute Gasteiger partial charge is 0.357 e. The van der Waals surface area contributed by atoms with Gasteiger partial charge in [-0.3, -0.25) is 0 Å². The van der Waals surface area contributed by atoms with Gasteiger partial charge >= 0.3 is 5.97 Å². The number of carbonyl (C=O) groups is 1. The summed E-state index contributed by atoms with van der Waals surface area (Å²) in [7, 11) is 1.86. The summed E-state index contributed by atoms with van der Waals surface area (Å²) in [5.41, 5.74) is 1.42. The fourth-order valence-corrected chi connectivity index (χ4v) is 1.61. The van der Waals surface area contributed by atoms with Crippen LogP contribution in [0.2, 0.25) is 0 Å². The van der Waals surface area contributed by atoms with E-state index in [9.17, 15) is 4.79 Å². The molecule has 0 bridgehead atoms. The predicted octanol–water partition coefficient (Wildman–Crippen LogP) is 1.04. The van der Waals surface area contributed by atoms with Crippen molar-refractivity contribution in [1.82, 2.24) is 9.55 Å². The van der Waals surface area contributed by atoms with Gasteiger partial charge in [0.05, 0.1) is 0 Å². The van der Waals surface area contributed by atoms with Crippen molar-refractivity contribution in [3.05, 3.63) is 17.2 Å². The number of hydrogen-bond acceptors (Lipinski definition) is 3. The summed E-state index contributed by atoms with van der Waals surface area (Å²) in [4.78, 5) is 15.6. The van der Waals surface area contributed by atoms with E-state index in [0.717, 1.165) is 24.4 Å². The van der Waals surface area contributed by atoms with Crippen LogP contribution in [0.1, 0.15) is 35.4 Å². The van der Waals surface area contributed by atoms with Crippen molar-refractivity contribution in [3.63, 3.8) is 0 Å². The first-order valence-electron chi connectivity index (χ1n) is 4.45. The Bertz CT molecular complexity index is 355. The number of hydrogen-bond donors (Lipinski definition) is 0. The number of aromatic nitrogens is 2. The lowest BCUT2D eigenvalue weighted by atomic mass is 10.3. The molecule has 4 heteroatoms. The van der Waals surface area contributed by atoms with Gasteiger partial charge < -0.3 is 9.30 Å². The molecule has 0 unspecified atom stereocenters. The summed E-state index contributed by atoms with van der Waals surface area (Å²) < 4.78 is 6.70. The number of fused-ring (bicyclic) bond motifs is 1. The molecule has 0 saturated heterocycles. The molecule has 0 spiro atoms. The van der Waals surface area contributed by atoms with Gasteiger partial charge in [-0.25, -0.2) is 9.78 Å². The van der Waals surface area contributed by atoms with Gasteiger partial charge in [-0.1, -0.05) is 6.92 Å². The number of cyclic esters (lactones) is 1. The first-order valence-corrected chi connectivity index (χ1v) is 4.45. The minimum absolute atomic E-state index is 0.243. The maximum atomic E-state index is 11.2. The Kier molecular flexibility index (Phi) is 1.83. The first kappa shape index (κ1) is 8.29. The molecule has 13 heavy (non-hydrogen) atoms. The fourth-order valence-electron chi connectivity index (χ4n) is 1.61. The second-order valence-electron chi connectivity index (χ2n) is 3.21. The quantitative estimate of drug-likeness (QED) is 0.639. The highest BCUT2D eigenvalue weighted by Gasteiger charge is 2.28. The Hall–Kier alpha value is -1.32. The van der Waals surface area contributed by atoms with Gasteiger partial charge in [-0.05, 0) is 6.42 Å². The summed E-state index contributed by atoms with van der Waals surface area (Å²) in [5, 5.41) is 0. The van der Waals surface area contributed by atoms with Crippen LogP contribution in [0, 0.1) is 0 Å². The Morgan fingerprint density at radius 2 is 2.38 bits per heavy atom. The molecule has 0 saturated carbocycles. The van der Waals surface area contributed by atoms with Gasteiger partial charge in [0.2, 0.25) is 0 Å². The zero-order chi connectivity index (χ0) is 9.42. The van der Waals surface area contributed by atoms with Crippen LogP contribution in [0.25, 0.3) is 0 Å². The molecule has 4 nitrogen and oxygen atoms in total. The van der Waals surface area contributed by atoms with Crippen molar-refractivity contribution < 1.29 is 9.53 Å². The van der Waals surface area contributed by atoms with Crippen molar-refractivity contribution in [2.24, 2.45) is 7.05 Å². The molecule has 0 N–H and O–H groups in total. The topological polar surface area (TPSA) is 44.1 Å². The normalized spacial score (nSPS) is 14.5. The van der Waals surface area contributed by atoms with E-state index < -0.39 is 0 Å². The zero-order valence-electron chi connectivity index (χ0n) is 7.83. The summed E-state index contributed by atoms with van der Waals surface area (Å²) in [5.74, 6) is 0.733. The lowest BCUT2D eigenvalue weighted by molar-refractivity contribution is 0.0522. The van der Waals surface area contributed by atoms with Gasteiger partial charge in [0.15, 0.2) is 5.69 Å². The maximum absolute atomic E-state index is 11.2. The van der Waals surface area contributed by atoms with Gasteiger partial charge in [-0.2, -0.15) is 0 Å². The molecule has 1 aromatic heterocycles. The lowest BCUT2D eigenvalue weighted by Gasteiger charge is -2.01. The van der Waals surface area contributed by atoms with E-state index in [1.807, 2.05) is 11.6 Å². The zero-order valence-corrected chi connectivity index (χ0v) is 7.83. The highest BCUT2D eigenvalue weighted by molar-refractivity contribution is 5.91. The third-order valence-corrected chi connectivity index (χ3v) is 2.27. The number of carbonyl (C=O) groups excluding carboxylic acids is 1. The van der Waals surface area contributed by atoms with Crippen molar-refractivity contribution in [2.45, 2.75) is 26.4 Å². The minimum atomic E-state index is -0.243.